The highest BCUT2D eigenvalue weighted by atomic mass is 19.1. The highest BCUT2D eigenvalue weighted by molar-refractivity contribution is 6.11. The number of halogens is 2. The van der Waals surface area contributed by atoms with Crippen molar-refractivity contribution in [3.05, 3.63) is 65.2 Å². The third-order valence-corrected chi connectivity index (χ3v) is 4.15. The van der Waals surface area contributed by atoms with Crippen molar-refractivity contribution < 1.29 is 23.1 Å². The molecule has 2 amide bonds. The first kappa shape index (κ1) is 18.0. The lowest BCUT2D eigenvalue weighted by Crippen LogP contribution is -2.47. The SMILES string of the molecule is CC(C)O[C@]1(c2ccc(F)cc2)C(=O)N(CC(N)=O)c2ccc(F)cc21. The Morgan fingerprint density at radius 3 is 2.35 bits per heavy atom. The van der Waals surface area contributed by atoms with Gasteiger partial charge in [-0.1, -0.05) is 12.1 Å². The zero-order valence-corrected chi connectivity index (χ0v) is 14.3. The Morgan fingerprint density at radius 2 is 1.77 bits per heavy atom. The van der Waals surface area contributed by atoms with Gasteiger partial charge in [-0.15, -0.1) is 0 Å². The molecule has 1 atom stereocenters. The highest BCUT2D eigenvalue weighted by Gasteiger charge is 2.54. The number of fused-ring (bicyclic) bond motifs is 1. The number of amides is 2. The van der Waals surface area contributed by atoms with Crippen LogP contribution in [0.1, 0.15) is 25.0 Å². The number of anilines is 1. The summed E-state index contributed by atoms with van der Waals surface area (Å²) in [4.78, 5) is 26.0. The molecule has 136 valence electrons. The summed E-state index contributed by atoms with van der Waals surface area (Å²) in [5.41, 5.74) is 4.52. The molecular weight excluding hydrogens is 342 g/mol. The maximum atomic E-state index is 14.0. The van der Waals surface area contributed by atoms with Crippen molar-refractivity contribution in [2.24, 2.45) is 5.73 Å². The fourth-order valence-corrected chi connectivity index (χ4v) is 3.25. The smallest absolute Gasteiger partial charge is 0.269 e. The molecule has 0 spiro atoms. The molecule has 2 N–H and O–H groups in total. The molecule has 0 unspecified atom stereocenters. The van der Waals surface area contributed by atoms with Gasteiger partial charge >= 0.3 is 0 Å². The van der Waals surface area contributed by atoms with Gasteiger partial charge < -0.3 is 10.5 Å². The predicted octanol–water partition coefficient (Wildman–Crippen LogP) is 2.47. The van der Waals surface area contributed by atoms with E-state index in [2.05, 4.69) is 0 Å². The van der Waals surface area contributed by atoms with Gasteiger partial charge in [-0.3, -0.25) is 14.5 Å². The van der Waals surface area contributed by atoms with Crippen LogP contribution in [0.3, 0.4) is 0 Å². The molecule has 0 fully saturated rings. The summed E-state index contributed by atoms with van der Waals surface area (Å²) >= 11 is 0. The fraction of sp³-hybridized carbons (Fsp3) is 0.263. The summed E-state index contributed by atoms with van der Waals surface area (Å²) < 4.78 is 33.4. The van der Waals surface area contributed by atoms with Gasteiger partial charge in [0.1, 0.15) is 18.2 Å². The number of carbonyl (C=O) groups excluding carboxylic acids is 2. The Balaban J connectivity index is 2.29. The molecule has 0 aliphatic carbocycles. The predicted molar refractivity (Wildman–Crippen MR) is 91.3 cm³/mol. The number of hydrogen-bond donors (Lipinski definition) is 1. The average molecular weight is 360 g/mol. The molecule has 1 heterocycles. The zero-order valence-electron chi connectivity index (χ0n) is 14.3. The Bertz CT molecular complexity index is 868. The highest BCUT2D eigenvalue weighted by Crippen LogP contribution is 2.47. The minimum absolute atomic E-state index is 0.254. The van der Waals surface area contributed by atoms with Crippen LogP contribution in [-0.2, 0) is 19.9 Å². The molecule has 0 saturated carbocycles. The van der Waals surface area contributed by atoms with E-state index in [-0.39, 0.29) is 12.1 Å². The number of rotatable bonds is 5. The van der Waals surface area contributed by atoms with Crippen molar-refractivity contribution in [3.8, 4) is 0 Å². The molecule has 0 saturated heterocycles. The van der Waals surface area contributed by atoms with E-state index in [0.29, 0.717) is 11.3 Å². The molecule has 7 heteroatoms. The van der Waals surface area contributed by atoms with Crippen molar-refractivity contribution in [1.82, 2.24) is 0 Å². The Hall–Kier alpha value is -2.80. The Labute approximate surface area is 149 Å². The van der Waals surface area contributed by atoms with Crippen molar-refractivity contribution in [3.63, 3.8) is 0 Å². The van der Waals surface area contributed by atoms with Crippen LogP contribution < -0.4 is 10.6 Å². The minimum Gasteiger partial charge on any atom is -0.368 e. The van der Waals surface area contributed by atoms with E-state index in [1.54, 1.807) is 13.8 Å². The van der Waals surface area contributed by atoms with Crippen molar-refractivity contribution in [2.45, 2.75) is 25.6 Å². The van der Waals surface area contributed by atoms with Crippen LogP contribution in [-0.4, -0.2) is 24.5 Å². The van der Waals surface area contributed by atoms with Gasteiger partial charge in [0, 0.05) is 5.56 Å². The number of primary amides is 1. The van der Waals surface area contributed by atoms with Crippen LogP contribution in [0.5, 0.6) is 0 Å². The molecule has 1 aliphatic heterocycles. The monoisotopic (exact) mass is 360 g/mol. The van der Waals surface area contributed by atoms with Gasteiger partial charge in [-0.25, -0.2) is 8.78 Å². The van der Waals surface area contributed by atoms with E-state index in [1.807, 2.05) is 0 Å². The lowest BCUT2D eigenvalue weighted by molar-refractivity contribution is -0.143. The first-order valence-corrected chi connectivity index (χ1v) is 8.10. The third-order valence-electron chi connectivity index (χ3n) is 4.15. The van der Waals surface area contributed by atoms with Crippen molar-refractivity contribution in [2.75, 3.05) is 11.4 Å². The lowest BCUT2D eigenvalue weighted by atomic mass is 9.86. The molecule has 3 rings (SSSR count). The van der Waals surface area contributed by atoms with E-state index >= 15 is 0 Å². The van der Waals surface area contributed by atoms with Crippen LogP contribution in [0, 0.1) is 11.6 Å². The summed E-state index contributed by atoms with van der Waals surface area (Å²) in [6, 6.07) is 9.01. The third kappa shape index (κ3) is 2.84. The normalized spacial score (nSPS) is 19.1. The largest absolute Gasteiger partial charge is 0.368 e. The van der Waals surface area contributed by atoms with Crippen molar-refractivity contribution in [1.29, 1.82) is 0 Å². The quantitative estimate of drug-likeness (QED) is 0.890. The lowest BCUT2D eigenvalue weighted by Gasteiger charge is -2.31. The number of carbonyl (C=O) groups is 2. The van der Waals surface area contributed by atoms with Crippen LogP contribution in [0.15, 0.2) is 42.5 Å². The zero-order chi connectivity index (χ0) is 19.1. The molecule has 2 aromatic carbocycles. The van der Waals surface area contributed by atoms with E-state index in [1.165, 1.54) is 47.4 Å². The Morgan fingerprint density at radius 1 is 1.15 bits per heavy atom. The first-order chi connectivity index (χ1) is 12.3. The summed E-state index contributed by atoms with van der Waals surface area (Å²) in [7, 11) is 0. The molecule has 1 aliphatic rings. The summed E-state index contributed by atoms with van der Waals surface area (Å²) in [5, 5.41) is 0. The molecule has 2 aromatic rings. The van der Waals surface area contributed by atoms with Gasteiger partial charge in [-0.05, 0) is 49.7 Å². The molecule has 5 nitrogen and oxygen atoms in total. The summed E-state index contributed by atoms with van der Waals surface area (Å²) in [6.45, 7) is 3.09. The van der Waals surface area contributed by atoms with Gasteiger partial charge in [-0.2, -0.15) is 0 Å². The van der Waals surface area contributed by atoms with Crippen LogP contribution >= 0.6 is 0 Å². The van der Waals surface area contributed by atoms with E-state index in [4.69, 9.17) is 10.5 Å². The number of ether oxygens (including phenoxy) is 1. The van der Waals surface area contributed by atoms with Crippen LogP contribution in [0.25, 0.3) is 0 Å². The fourth-order valence-electron chi connectivity index (χ4n) is 3.25. The molecule has 0 radical (unpaired) electrons. The molecular formula is C19H18F2N2O3. The number of nitrogens with zero attached hydrogens (tertiary/aromatic N) is 1. The second-order valence-corrected chi connectivity index (χ2v) is 6.37. The van der Waals surface area contributed by atoms with Gasteiger partial charge in [0.2, 0.25) is 5.91 Å². The maximum absolute atomic E-state index is 14.0. The average Bonchev–Trinajstić information content (AvgIpc) is 2.77. The second-order valence-electron chi connectivity index (χ2n) is 6.37. The first-order valence-electron chi connectivity index (χ1n) is 8.10. The van der Waals surface area contributed by atoms with E-state index in [0.717, 1.165) is 0 Å². The number of benzene rings is 2. The van der Waals surface area contributed by atoms with Gasteiger partial charge in [0.25, 0.3) is 5.91 Å². The number of nitrogens with two attached hydrogens (primary N) is 1. The number of hydrogen-bond acceptors (Lipinski definition) is 3. The second kappa shape index (κ2) is 6.49. The van der Waals surface area contributed by atoms with E-state index in [9.17, 15) is 18.4 Å². The van der Waals surface area contributed by atoms with E-state index < -0.39 is 35.2 Å². The standard InChI is InChI=1S/C19H18F2N2O3/c1-11(2)26-19(12-3-5-13(20)6-4-12)15-9-14(21)7-8-16(15)23(18(19)25)10-17(22)24/h3-9,11H,10H2,1-2H3,(H2,22,24)/t19-/m0/s1. The Kier molecular flexibility index (Phi) is 4.50. The maximum Gasteiger partial charge on any atom is 0.269 e. The van der Waals surface area contributed by atoms with Crippen molar-refractivity contribution >= 4 is 17.5 Å². The van der Waals surface area contributed by atoms with Gasteiger partial charge in [0.15, 0.2) is 5.60 Å². The molecule has 0 bridgehead atoms. The molecule has 0 aromatic heterocycles. The van der Waals surface area contributed by atoms with Crippen LogP contribution in [0.4, 0.5) is 14.5 Å². The minimum atomic E-state index is -1.69. The van der Waals surface area contributed by atoms with Gasteiger partial charge in [0.05, 0.1) is 11.8 Å². The summed E-state index contributed by atoms with van der Waals surface area (Å²) in [6.07, 6.45) is -0.409. The molecule has 26 heavy (non-hydrogen) atoms. The topological polar surface area (TPSA) is 72.6 Å². The summed E-state index contributed by atoms with van der Waals surface area (Å²) in [5.74, 6) is -2.33. The van der Waals surface area contributed by atoms with Crippen LogP contribution in [0.2, 0.25) is 0 Å².